The van der Waals surface area contributed by atoms with Crippen LogP contribution in [0.3, 0.4) is 0 Å². The summed E-state index contributed by atoms with van der Waals surface area (Å²) in [6.45, 7) is 1.63. The maximum atomic E-state index is 9.69. The zero-order valence-corrected chi connectivity index (χ0v) is 6.47. The molecule has 0 aliphatic carbocycles. The average Bonchev–Trinajstić information content (AvgIpc) is 1.36. The van der Waals surface area contributed by atoms with Crippen LogP contribution >= 0.6 is 22.6 Å². The van der Waals surface area contributed by atoms with Crippen molar-refractivity contribution in [2.75, 3.05) is 0 Å². The smallest absolute Gasteiger partial charge is 1.00 e. The molecule has 1 unspecified atom stereocenters. The van der Waals surface area contributed by atoms with E-state index in [4.69, 9.17) is 5.11 Å². The first kappa shape index (κ1) is 10.7. The minimum Gasteiger partial charge on any atom is -1.00 e. The molecule has 0 aromatic heterocycles. The molecule has 0 saturated carbocycles. The Labute approximate surface area is 69.5 Å². The van der Waals surface area contributed by atoms with Gasteiger partial charge in [-0.15, -0.1) is 0 Å². The number of carboxylic acid groups (broad SMARTS) is 1. The summed E-state index contributed by atoms with van der Waals surface area (Å²) >= 11 is 1.83. The van der Waals surface area contributed by atoms with Crippen molar-refractivity contribution in [3.05, 3.63) is 0 Å². The van der Waals surface area contributed by atoms with Crippen molar-refractivity contribution in [1.82, 2.24) is 0 Å². The third-order valence-corrected chi connectivity index (χ3v) is 0.873. The fourth-order valence-corrected chi connectivity index (χ4v) is 0. The Morgan fingerprint density at radius 2 is 2.14 bits per heavy atom. The number of aliphatic carboxylic acids is 1. The minimum atomic E-state index is -0.754. The number of carbonyl (C=O) groups is 1. The summed E-state index contributed by atoms with van der Waals surface area (Å²) in [5.74, 6) is -0.754. The zero-order chi connectivity index (χ0) is 5.15. The van der Waals surface area contributed by atoms with E-state index in [1.807, 2.05) is 22.6 Å². The second-order valence-corrected chi connectivity index (χ2v) is 2.82. The first-order valence-corrected chi connectivity index (χ1v) is 2.76. The van der Waals surface area contributed by atoms with Gasteiger partial charge < -0.3 is 6.53 Å². The van der Waals surface area contributed by atoms with Crippen LogP contribution in [0.4, 0.5) is 0 Å². The number of alkyl halides is 1. The maximum absolute atomic E-state index is 9.69. The van der Waals surface area contributed by atoms with Gasteiger partial charge in [-0.25, -0.2) is 0 Å². The fourth-order valence-electron chi connectivity index (χ4n) is 0. The molecule has 0 bridgehead atoms. The van der Waals surface area contributed by atoms with Gasteiger partial charge in [-0.2, -0.15) is 0 Å². The molecule has 4 heteroatoms. The Hall–Kier alpha value is 0.797. The topological polar surface area (TPSA) is 37.3 Å². The molecule has 0 aromatic carbocycles. The second-order valence-electron chi connectivity index (χ2n) is 0.954. The first-order valence-electron chi connectivity index (χ1n) is 1.51. The van der Waals surface area contributed by atoms with Crippen molar-refractivity contribution in [2.45, 2.75) is 10.8 Å². The molecular formula is C3H6ILiO2. The molecule has 1 N–H and O–H groups in total. The van der Waals surface area contributed by atoms with Gasteiger partial charge in [0.1, 0.15) is 3.92 Å². The van der Waals surface area contributed by atoms with Gasteiger partial charge in [0.25, 0.3) is 0 Å². The molecule has 38 valence electrons. The Kier molecular flexibility index (Phi) is 7.57. The van der Waals surface area contributed by atoms with Crippen molar-refractivity contribution in [3.63, 3.8) is 0 Å². The van der Waals surface area contributed by atoms with Crippen molar-refractivity contribution >= 4 is 28.6 Å². The molecule has 0 saturated heterocycles. The molecular weight excluding hydrogens is 202 g/mol. The van der Waals surface area contributed by atoms with E-state index in [1.165, 1.54) is 0 Å². The van der Waals surface area contributed by atoms with E-state index in [-0.39, 0.29) is 24.2 Å². The summed E-state index contributed by atoms with van der Waals surface area (Å²) in [6, 6.07) is 0. The van der Waals surface area contributed by atoms with Crippen LogP contribution < -0.4 is 18.9 Å². The summed E-state index contributed by atoms with van der Waals surface area (Å²) in [4.78, 5) is 9.69. The van der Waals surface area contributed by atoms with Crippen molar-refractivity contribution in [1.29, 1.82) is 0 Å². The third-order valence-electron chi connectivity index (χ3n) is 0.340. The van der Waals surface area contributed by atoms with E-state index in [1.54, 1.807) is 6.92 Å². The Morgan fingerprint density at radius 3 is 2.14 bits per heavy atom. The first-order chi connectivity index (χ1) is 2.64. The summed E-state index contributed by atoms with van der Waals surface area (Å²) < 4.78 is -0.261. The van der Waals surface area contributed by atoms with Crippen LogP contribution in [0.1, 0.15) is 8.35 Å². The number of carboxylic acids is 1. The molecule has 0 fully saturated rings. The molecule has 0 spiro atoms. The van der Waals surface area contributed by atoms with Crippen LogP contribution in [0.5, 0.6) is 0 Å². The van der Waals surface area contributed by atoms with Crippen LogP contribution in [-0.2, 0) is 4.79 Å². The van der Waals surface area contributed by atoms with Crippen LogP contribution in [0.2, 0.25) is 0 Å². The SMILES string of the molecule is CC(I)C(=O)O.[H-].[Li+]. The van der Waals surface area contributed by atoms with Crippen LogP contribution in [0.25, 0.3) is 0 Å². The fraction of sp³-hybridized carbons (Fsp3) is 0.667. The van der Waals surface area contributed by atoms with Gasteiger partial charge in [-0.3, -0.25) is 4.79 Å². The van der Waals surface area contributed by atoms with E-state index >= 15 is 0 Å². The van der Waals surface area contributed by atoms with Gasteiger partial charge in [-0.1, -0.05) is 22.6 Å². The van der Waals surface area contributed by atoms with Gasteiger partial charge in [0.05, 0.1) is 0 Å². The largest absolute Gasteiger partial charge is 1.00 e. The van der Waals surface area contributed by atoms with Gasteiger partial charge in [0.15, 0.2) is 0 Å². The molecule has 0 rings (SSSR count). The molecule has 0 heterocycles. The van der Waals surface area contributed by atoms with Crippen molar-refractivity contribution < 1.29 is 30.2 Å². The van der Waals surface area contributed by atoms with Crippen LogP contribution in [0, 0.1) is 0 Å². The number of hydrogen-bond donors (Lipinski definition) is 1. The third kappa shape index (κ3) is 6.80. The monoisotopic (exact) mass is 208 g/mol. The molecule has 0 aromatic rings. The average molecular weight is 208 g/mol. The standard InChI is InChI=1S/C3H5IO2.Li.H/c1-2(4)3(5)6;;/h2H,1H3,(H,5,6);;/q;+1;-1. The Balaban J connectivity index is -0.000000125. The van der Waals surface area contributed by atoms with Crippen molar-refractivity contribution in [2.24, 2.45) is 0 Å². The van der Waals surface area contributed by atoms with E-state index in [0.717, 1.165) is 0 Å². The molecule has 1 atom stereocenters. The predicted molar refractivity (Wildman–Crippen MR) is 32.2 cm³/mol. The zero-order valence-electron chi connectivity index (χ0n) is 5.31. The molecule has 0 amide bonds. The molecule has 0 aliphatic rings. The van der Waals surface area contributed by atoms with E-state index in [2.05, 4.69) is 0 Å². The molecule has 0 aliphatic heterocycles. The number of halogens is 1. The van der Waals surface area contributed by atoms with Gasteiger partial charge >= 0.3 is 24.8 Å². The van der Waals surface area contributed by atoms with Crippen LogP contribution in [0.15, 0.2) is 0 Å². The summed E-state index contributed by atoms with van der Waals surface area (Å²) in [7, 11) is 0. The molecule has 2 nitrogen and oxygen atoms in total. The molecule has 0 radical (unpaired) electrons. The van der Waals surface area contributed by atoms with E-state index in [9.17, 15) is 4.79 Å². The van der Waals surface area contributed by atoms with E-state index < -0.39 is 5.97 Å². The number of hydrogen-bond acceptors (Lipinski definition) is 1. The van der Waals surface area contributed by atoms with Gasteiger partial charge in [0, 0.05) is 0 Å². The Bertz CT molecular complexity index is 68.3. The van der Waals surface area contributed by atoms with E-state index in [0.29, 0.717) is 0 Å². The maximum Gasteiger partial charge on any atom is 1.00 e. The molecule has 7 heavy (non-hydrogen) atoms. The summed E-state index contributed by atoms with van der Waals surface area (Å²) in [5, 5.41) is 7.98. The summed E-state index contributed by atoms with van der Waals surface area (Å²) in [6.07, 6.45) is 0. The van der Waals surface area contributed by atoms with Gasteiger partial charge in [0.2, 0.25) is 0 Å². The Morgan fingerprint density at radius 1 is 2.00 bits per heavy atom. The predicted octanol–water partition coefficient (Wildman–Crippen LogP) is -1.99. The van der Waals surface area contributed by atoms with Crippen LogP contribution in [-0.4, -0.2) is 15.0 Å². The van der Waals surface area contributed by atoms with Crippen molar-refractivity contribution in [3.8, 4) is 0 Å². The minimum absolute atomic E-state index is 0. The second kappa shape index (κ2) is 4.94. The quantitative estimate of drug-likeness (QED) is 0.307. The normalized spacial score (nSPS) is 11.7. The number of rotatable bonds is 1. The summed E-state index contributed by atoms with van der Waals surface area (Å²) in [5.41, 5.74) is 0. The van der Waals surface area contributed by atoms with Gasteiger partial charge in [-0.05, 0) is 6.92 Å².